The van der Waals surface area contributed by atoms with Crippen molar-refractivity contribution in [1.29, 1.82) is 5.26 Å². The van der Waals surface area contributed by atoms with Gasteiger partial charge in [0, 0.05) is 24.7 Å². The Kier molecular flexibility index (Phi) is 6.14. The standard InChI is InChI=1S/C14H19ClN2O/c1-4-17(11(2)10-18-3)9-13-6-5-12(8-16)7-14(13)15/h5-7,11H,4,9-10H2,1-3H3. The van der Waals surface area contributed by atoms with Crippen LogP contribution in [0, 0.1) is 11.3 Å². The van der Waals surface area contributed by atoms with E-state index in [1.54, 1.807) is 19.2 Å². The molecule has 0 spiro atoms. The Labute approximate surface area is 114 Å². The lowest BCUT2D eigenvalue weighted by Gasteiger charge is -2.27. The third-order valence-electron chi connectivity index (χ3n) is 2.99. The van der Waals surface area contributed by atoms with Crippen molar-refractivity contribution in [3.63, 3.8) is 0 Å². The number of methoxy groups -OCH3 is 1. The van der Waals surface area contributed by atoms with E-state index in [1.807, 2.05) is 6.07 Å². The lowest BCUT2D eigenvalue weighted by Crippen LogP contribution is -2.35. The molecule has 0 radical (unpaired) electrons. The Morgan fingerprint density at radius 2 is 2.22 bits per heavy atom. The minimum absolute atomic E-state index is 0.340. The van der Waals surface area contributed by atoms with Gasteiger partial charge in [-0.2, -0.15) is 5.26 Å². The van der Waals surface area contributed by atoms with Gasteiger partial charge in [0.25, 0.3) is 0 Å². The van der Waals surface area contributed by atoms with Crippen molar-refractivity contribution < 1.29 is 4.74 Å². The van der Waals surface area contributed by atoms with Crippen LogP contribution in [-0.2, 0) is 11.3 Å². The Balaban J connectivity index is 2.79. The molecule has 1 aromatic carbocycles. The van der Waals surface area contributed by atoms with E-state index < -0.39 is 0 Å². The van der Waals surface area contributed by atoms with Crippen molar-refractivity contribution in [2.24, 2.45) is 0 Å². The van der Waals surface area contributed by atoms with Crippen molar-refractivity contribution in [1.82, 2.24) is 4.90 Å². The van der Waals surface area contributed by atoms with Crippen LogP contribution in [0.5, 0.6) is 0 Å². The normalized spacial score (nSPS) is 12.4. The van der Waals surface area contributed by atoms with E-state index >= 15 is 0 Å². The molecule has 1 rings (SSSR count). The van der Waals surface area contributed by atoms with Gasteiger partial charge >= 0.3 is 0 Å². The summed E-state index contributed by atoms with van der Waals surface area (Å²) in [6.07, 6.45) is 0. The van der Waals surface area contributed by atoms with Gasteiger partial charge in [0.05, 0.1) is 18.2 Å². The first kappa shape index (κ1) is 15.0. The van der Waals surface area contributed by atoms with Gasteiger partial charge in [-0.15, -0.1) is 0 Å². The molecule has 0 aromatic heterocycles. The molecule has 3 nitrogen and oxygen atoms in total. The molecule has 0 aliphatic heterocycles. The average Bonchev–Trinajstić information content (AvgIpc) is 2.37. The van der Waals surface area contributed by atoms with Gasteiger partial charge in [0.2, 0.25) is 0 Å². The summed E-state index contributed by atoms with van der Waals surface area (Å²) < 4.78 is 5.17. The van der Waals surface area contributed by atoms with Gasteiger partial charge in [-0.1, -0.05) is 24.6 Å². The zero-order valence-corrected chi connectivity index (χ0v) is 11.9. The molecule has 98 valence electrons. The molecule has 4 heteroatoms. The second-order valence-corrected chi connectivity index (χ2v) is 4.69. The molecule has 18 heavy (non-hydrogen) atoms. The molecule has 0 aliphatic rings. The van der Waals surface area contributed by atoms with Crippen LogP contribution in [-0.4, -0.2) is 31.2 Å². The number of likely N-dealkylation sites (N-methyl/N-ethyl adjacent to an activating group) is 1. The molecular formula is C14H19ClN2O. The largest absolute Gasteiger partial charge is 0.383 e. The smallest absolute Gasteiger partial charge is 0.0992 e. The maximum atomic E-state index is 8.80. The topological polar surface area (TPSA) is 36.3 Å². The van der Waals surface area contributed by atoms with Crippen LogP contribution in [0.2, 0.25) is 5.02 Å². The van der Waals surface area contributed by atoms with Crippen LogP contribution in [0.4, 0.5) is 0 Å². The highest BCUT2D eigenvalue weighted by Gasteiger charge is 2.13. The van der Waals surface area contributed by atoms with Gasteiger partial charge in [-0.3, -0.25) is 4.90 Å². The van der Waals surface area contributed by atoms with Crippen molar-refractivity contribution >= 4 is 11.6 Å². The quantitative estimate of drug-likeness (QED) is 0.794. The number of nitrogens with zero attached hydrogens (tertiary/aromatic N) is 2. The highest BCUT2D eigenvalue weighted by Crippen LogP contribution is 2.20. The van der Waals surface area contributed by atoms with Crippen molar-refractivity contribution in [3.8, 4) is 6.07 Å². The van der Waals surface area contributed by atoms with E-state index in [1.165, 1.54) is 0 Å². The lowest BCUT2D eigenvalue weighted by molar-refractivity contribution is 0.0982. The first-order chi connectivity index (χ1) is 8.62. The summed E-state index contributed by atoms with van der Waals surface area (Å²) in [5.41, 5.74) is 1.64. The zero-order valence-electron chi connectivity index (χ0n) is 11.1. The third kappa shape index (κ3) is 3.99. The molecule has 0 saturated carbocycles. The number of ether oxygens (including phenoxy) is 1. The highest BCUT2D eigenvalue weighted by molar-refractivity contribution is 6.31. The number of hydrogen-bond acceptors (Lipinski definition) is 3. The van der Waals surface area contributed by atoms with Crippen LogP contribution < -0.4 is 0 Å². The summed E-state index contributed by atoms with van der Waals surface area (Å²) in [5, 5.41) is 9.45. The molecule has 0 heterocycles. The van der Waals surface area contributed by atoms with Gasteiger partial charge in [0.1, 0.15) is 0 Å². The first-order valence-corrected chi connectivity index (χ1v) is 6.41. The summed E-state index contributed by atoms with van der Waals surface area (Å²) in [5.74, 6) is 0. The Bertz CT molecular complexity index is 428. The SMILES string of the molecule is CCN(Cc1ccc(C#N)cc1Cl)C(C)COC. The van der Waals surface area contributed by atoms with Gasteiger partial charge < -0.3 is 4.74 Å². The fourth-order valence-electron chi connectivity index (χ4n) is 1.89. The number of rotatable bonds is 6. The maximum Gasteiger partial charge on any atom is 0.0992 e. The molecule has 0 amide bonds. The van der Waals surface area contributed by atoms with Crippen LogP contribution in [0.3, 0.4) is 0 Å². The van der Waals surface area contributed by atoms with E-state index in [9.17, 15) is 0 Å². The summed E-state index contributed by atoms with van der Waals surface area (Å²) >= 11 is 6.18. The Morgan fingerprint density at radius 1 is 1.50 bits per heavy atom. The maximum absolute atomic E-state index is 8.80. The number of halogens is 1. The van der Waals surface area contributed by atoms with Crippen molar-refractivity contribution in [2.75, 3.05) is 20.3 Å². The first-order valence-electron chi connectivity index (χ1n) is 6.03. The highest BCUT2D eigenvalue weighted by atomic mass is 35.5. The minimum atomic E-state index is 0.340. The minimum Gasteiger partial charge on any atom is -0.383 e. The molecule has 0 N–H and O–H groups in total. The predicted octanol–water partition coefficient (Wildman–Crippen LogP) is 3.07. The molecule has 1 atom stereocenters. The predicted molar refractivity (Wildman–Crippen MR) is 73.6 cm³/mol. The summed E-state index contributed by atoms with van der Waals surface area (Å²) in [6.45, 7) is 6.64. The fourth-order valence-corrected chi connectivity index (χ4v) is 2.13. The summed E-state index contributed by atoms with van der Waals surface area (Å²) in [6, 6.07) is 7.86. The lowest BCUT2D eigenvalue weighted by atomic mass is 10.1. The number of nitriles is 1. The van der Waals surface area contributed by atoms with Gasteiger partial charge in [-0.05, 0) is 31.2 Å². The number of benzene rings is 1. The van der Waals surface area contributed by atoms with E-state index in [2.05, 4.69) is 24.8 Å². The van der Waals surface area contributed by atoms with E-state index in [0.717, 1.165) is 18.7 Å². The van der Waals surface area contributed by atoms with Gasteiger partial charge in [-0.25, -0.2) is 0 Å². The van der Waals surface area contributed by atoms with E-state index in [-0.39, 0.29) is 0 Å². The average molecular weight is 267 g/mol. The molecule has 0 fully saturated rings. The monoisotopic (exact) mass is 266 g/mol. The third-order valence-corrected chi connectivity index (χ3v) is 3.34. The van der Waals surface area contributed by atoms with E-state index in [0.29, 0.717) is 23.2 Å². The molecular weight excluding hydrogens is 248 g/mol. The van der Waals surface area contributed by atoms with Crippen molar-refractivity contribution in [2.45, 2.75) is 26.4 Å². The van der Waals surface area contributed by atoms with Crippen LogP contribution in [0.25, 0.3) is 0 Å². The summed E-state index contributed by atoms with van der Waals surface area (Å²) in [4.78, 5) is 2.29. The zero-order chi connectivity index (χ0) is 13.5. The summed E-state index contributed by atoms with van der Waals surface area (Å²) in [7, 11) is 1.71. The van der Waals surface area contributed by atoms with Crippen LogP contribution in [0.15, 0.2) is 18.2 Å². The van der Waals surface area contributed by atoms with Crippen LogP contribution in [0.1, 0.15) is 25.0 Å². The van der Waals surface area contributed by atoms with Crippen LogP contribution >= 0.6 is 11.6 Å². The second-order valence-electron chi connectivity index (χ2n) is 4.29. The number of hydrogen-bond donors (Lipinski definition) is 0. The van der Waals surface area contributed by atoms with Crippen molar-refractivity contribution in [3.05, 3.63) is 34.3 Å². The molecule has 0 saturated heterocycles. The van der Waals surface area contributed by atoms with Gasteiger partial charge in [0.15, 0.2) is 0 Å². The van der Waals surface area contributed by atoms with E-state index in [4.69, 9.17) is 21.6 Å². The Morgan fingerprint density at radius 3 is 2.72 bits per heavy atom. The fraction of sp³-hybridized carbons (Fsp3) is 0.500. The molecule has 1 aromatic rings. The Hall–Kier alpha value is -1.08. The molecule has 1 unspecified atom stereocenters. The second kappa shape index (κ2) is 7.38. The molecule has 0 aliphatic carbocycles. The molecule has 0 bridgehead atoms.